The third kappa shape index (κ3) is 6.65. The van der Waals surface area contributed by atoms with E-state index in [-0.39, 0.29) is 17.4 Å². The van der Waals surface area contributed by atoms with Gasteiger partial charge >= 0.3 is 6.18 Å². The van der Waals surface area contributed by atoms with Gasteiger partial charge in [0.05, 0.1) is 5.75 Å². The van der Waals surface area contributed by atoms with Gasteiger partial charge in [-0.15, -0.1) is 11.8 Å². The van der Waals surface area contributed by atoms with Crippen LogP contribution in [0.5, 0.6) is 5.75 Å². The molecule has 0 bridgehead atoms. The Balaban J connectivity index is 1.80. The Kier molecular flexibility index (Phi) is 5.92. The summed E-state index contributed by atoms with van der Waals surface area (Å²) in [6, 6.07) is 15.2. The van der Waals surface area contributed by atoms with Crippen molar-refractivity contribution in [2.24, 2.45) is 0 Å². The highest BCUT2D eigenvalue weighted by Gasteiger charge is 2.28. The molecule has 2 rings (SSSR count). The van der Waals surface area contributed by atoms with E-state index in [0.717, 1.165) is 4.90 Å². The Morgan fingerprint density at radius 2 is 1.70 bits per heavy atom. The molecule has 2 aromatic carbocycles. The molecule has 0 aromatic heterocycles. The van der Waals surface area contributed by atoms with Crippen molar-refractivity contribution in [2.45, 2.75) is 11.1 Å². The summed E-state index contributed by atoms with van der Waals surface area (Å²) in [6.45, 7) is -1.34. The van der Waals surface area contributed by atoms with E-state index >= 15 is 0 Å². The lowest BCUT2D eigenvalue weighted by atomic mass is 10.3. The van der Waals surface area contributed by atoms with E-state index in [1.165, 1.54) is 36.0 Å². The zero-order valence-corrected chi connectivity index (χ0v) is 12.8. The fourth-order valence-electron chi connectivity index (χ4n) is 1.66. The largest absolute Gasteiger partial charge is 0.484 e. The predicted molar refractivity (Wildman–Crippen MR) is 83.8 cm³/mol. The summed E-state index contributed by atoms with van der Waals surface area (Å²) in [6.07, 6.45) is -4.37. The first-order valence-electron chi connectivity index (χ1n) is 6.70. The average molecular weight is 341 g/mol. The first-order valence-corrected chi connectivity index (χ1v) is 7.68. The fourth-order valence-corrected chi connectivity index (χ4v) is 2.38. The second kappa shape index (κ2) is 7.92. The maximum atomic E-state index is 12.0. The van der Waals surface area contributed by atoms with E-state index in [1.54, 1.807) is 0 Å². The van der Waals surface area contributed by atoms with Gasteiger partial charge in [-0.05, 0) is 36.4 Å². The number of nitrogens with one attached hydrogen (secondary N) is 1. The highest BCUT2D eigenvalue weighted by Crippen LogP contribution is 2.21. The Morgan fingerprint density at radius 3 is 2.30 bits per heavy atom. The molecule has 0 saturated heterocycles. The summed E-state index contributed by atoms with van der Waals surface area (Å²) in [5.74, 6) is 0.151. The fraction of sp³-hybridized carbons (Fsp3) is 0.188. The summed E-state index contributed by atoms with van der Waals surface area (Å²) in [5.41, 5.74) is 0.503. The number of hydrogen-bond donors (Lipinski definition) is 1. The van der Waals surface area contributed by atoms with Crippen LogP contribution in [-0.2, 0) is 4.79 Å². The van der Waals surface area contributed by atoms with Crippen LogP contribution in [-0.4, -0.2) is 24.4 Å². The molecule has 23 heavy (non-hydrogen) atoms. The van der Waals surface area contributed by atoms with Crippen LogP contribution in [0.4, 0.5) is 18.9 Å². The quantitative estimate of drug-likeness (QED) is 0.794. The van der Waals surface area contributed by atoms with Gasteiger partial charge in [0.1, 0.15) is 5.75 Å². The molecule has 122 valence electrons. The number of thioether (sulfide) groups is 1. The first-order chi connectivity index (χ1) is 10.9. The second-order valence-corrected chi connectivity index (χ2v) is 5.63. The lowest BCUT2D eigenvalue weighted by molar-refractivity contribution is -0.153. The highest BCUT2D eigenvalue weighted by molar-refractivity contribution is 8.00. The van der Waals surface area contributed by atoms with Crippen molar-refractivity contribution in [2.75, 3.05) is 17.7 Å². The number of ether oxygens (including phenoxy) is 1. The Bertz CT molecular complexity index is 630. The zero-order chi connectivity index (χ0) is 16.7. The maximum Gasteiger partial charge on any atom is 0.422 e. The van der Waals surface area contributed by atoms with Gasteiger partial charge in [-0.1, -0.05) is 18.2 Å². The summed E-state index contributed by atoms with van der Waals surface area (Å²) in [4.78, 5) is 12.8. The van der Waals surface area contributed by atoms with Gasteiger partial charge in [-0.3, -0.25) is 4.79 Å². The molecule has 0 aliphatic heterocycles. The third-order valence-electron chi connectivity index (χ3n) is 2.65. The minimum absolute atomic E-state index is 0.0963. The molecule has 0 spiro atoms. The number of amides is 1. The molecule has 0 atom stereocenters. The molecule has 1 N–H and O–H groups in total. The van der Waals surface area contributed by atoms with Gasteiger partial charge in [-0.2, -0.15) is 13.2 Å². The van der Waals surface area contributed by atoms with Gasteiger partial charge in [0.2, 0.25) is 5.91 Å². The topological polar surface area (TPSA) is 38.3 Å². The molecule has 7 heteroatoms. The average Bonchev–Trinajstić information content (AvgIpc) is 2.53. The molecule has 3 nitrogen and oxygen atoms in total. The molecule has 0 aliphatic carbocycles. The van der Waals surface area contributed by atoms with Crippen LogP contribution >= 0.6 is 11.8 Å². The van der Waals surface area contributed by atoms with E-state index in [9.17, 15) is 18.0 Å². The minimum Gasteiger partial charge on any atom is -0.484 e. The molecule has 0 saturated carbocycles. The van der Waals surface area contributed by atoms with E-state index in [2.05, 4.69) is 10.1 Å². The van der Waals surface area contributed by atoms with Crippen molar-refractivity contribution in [1.82, 2.24) is 0 Å². The summed E-state index contributed by atoms with van der Waals surface area (Å²) < 4.78 is 40.7. The molecule has 0 aliphatic rings. The van der Waals surface area contributed by atoms with Crippen molar-refractivity contribution in [1.29, 1.82) is 0 Å². The minimum atomic E-state index is -4.37. The molecular formula is C16H14F3NO2S. The number of hydrogen-bond acceptors (Lipinski definition) is 3. The molecule has 1 amide bonds. The summed E-state index contributed by atoms with van der Waals surface area (Å²) in [7, 11) is 0. The summed E-state index contributed by atoms with van der Waals surface area (Å²) >= 11 is 1.40. The molecule has 0 fully saturated rings. The number of rotatable bonds is 6. The zero-order valence-electron chi connectivity index (χ0n) is 12.0. The van der Waals surface area contributed by atoms with Crippen LogP contribution in [0.3, 0.4) is 0 Å². The first kappa shape index (κ1) is 17.2. The maximum absolute atomic E-state index is 12.0. The van der Waals surface area contributed by atoms with E-state index < -0.39 is 12.8 Å². The van der Waals surface area contributed by atoms with E-state index in [0.29, 0.717) is 5.69 Å². The van der Waals surface area contributed by atoms with Gasteiger partial charge in [-0.25, -0.2) is 0 Å². The predicted octanol–water partition coefficient (Wildman–Crippen LogP) is 4.36. The monoisotopic (exact) mass is 341 g/mol. The standard InChI is InChI=1S/C16H14F3NO2S/c17-16(18,19)11-22-13-8-6-12(7-9-13)20-15(21)10-23-14-4-2-1-3-5-14/h1-9H,10-11H2,(H,20,21). The molecule has 2 aromatic rings. The van der Waals surface area contributed by atoms with Crippen LogP contribution in [0.25, 0.3) is 0 Å². The summed E-state index contributed by atoms with van der Waals surface area (Å²) in [5, 5.41) is 2.67. The van der Waals surface area contributed by atoms with Crippen molar-refractivity contribution in [3.8, 4) is 5.75 Å². The Morgan fingerprint density at radius 1 is 1.04 bits per heavy atom. The van der Waals surface area contributed by atoms with Gasteiger partial charge in [0.25, 0.3) is 0 Å². The van der Waals surface area contributed by atoms with Crippen LogP contribution in [0.1, 0.15) is 0 Å². The molecular weight excluding hydrogens is 327 g/mol. The smallest absolute Gasteiger partial charge is 0.422 e. The van der Waals surface area contributed by atoms with Gasteiger partial charge < -0.3 is 10.1 Å². The number of anilines is 1. The number of alkyl halides is 3. The van der Waals surface area contributed by atoms with Crippen molar-refractivity contribution < 1.29 is 22.7 Å². The van der Waals surface area contributed by atoms with E-state index in [4.69, 9.17) is 0 Å². The SMILES string of the molecule is O=C(CSc1ccccc1)Nc1ccc(OCC(F)(F)F)cc1. The van der Waals surface area contributed by atoms with Crippen LogP contribution in [0.15, 0.2) is 59.5 Å². The van der Waals surface area contributed by atoms with Gasteiger partial charge in [0.15, 0.2) is 6.61 Å². The van der Waals surface area contributed by atoms with Crippen molar-refractivity contribution in [3.63, 3.8) is 0 Å². The van der Waals surface area contributed by atoms with Crippen molar-refractivity contribution in [3.05, 3.63) is 54.6 Å². The number of carbonyl (C=O) groups is 1. The lowest BCUT2D eigenvalue weighted by Crippen LogP contribution is -2.19. The third-order valence-corrected chi connectivity index (χ3v) is 3.67. The van der Waals surface area contributed by atoms with Crippen LogP contribution < -0.4 is 10.1 Å². The lowest BCUT2D eigenvalue weighted by Gasteiger charge is -2.10. The van der Waals surface area contributed by atoms with Gasteiger partial charge in [0, 0.05) is 10.6 Å². The number of benzene rings is 2. The highest BCUT2D eigenvalue weighted by atomic mass is 32.2. The van der Waals surface area contributed by atoms with E-state index in [1.807, 2.05) is 30.3 Å². The Hall–Kier alpha value is -2.15. The van der Waals surface area contributed by atoms with Crippen molar-refractivity contribution >= 4 is 23.4 Å². The normalized spacial score (nSPS) is 11.1. The number of halogens is 3. The Labute approximate surface area is 135 Å². The molecule has 0 radical (unpaired) electrons. The van der Waals surface area contributed by atoms with Crippen LogP contribution in [0.2, 0.25) is 0 Å². The molecule has 0 unspecified atom stereocenters. The second-order valence-electron chi connectivity index (χ2n) is 4.58. The van der Waals surface area contributed by atoms with Crippen LogP contribution in [0, 0.1) is 0 Å². The molecule has 0 heterocycles. The number of carbonyl (C=O) groups excluding carboxylic acids is 1.